The molecule has 8 heteroatoms. The van der Waals surface area contributed by atoms with Crippen molar-refractivity contribution in [1.82, 2.24) is 15.0 Å². The largest absolute Gasteiger partial charge is 0.497 e. The molecule has 1 N–H and O–H groups in total. The molecular formula is C22H25N3O5. The van der Waals surface area contributed by atoms with Crippen LogP contribution in [0.5, 0.6) is 5.75 Å². The van der Waals surface area contributed by atoms with Gasteiger partial charge in [-0.3, -0.25) is 14.2 Å². The first kappa shape index (κ1) is 21.2. The standard InChI is InChI=1S/C22H25N3O5/c1-13-10-18(15(3)25(13)20-11-14(2)30-24-20)22(27)23-19(12-21(26)29-5)16-6-8-17(28-4)9-7-16/h6-11,19H,12H2,1-5H3,(H,23,27). The molecule has 3 aromatic rings. The van der Waals surface area contributed by atoms with Gasteiger partial charge in [0.25, 0.3) is 5.91 Å². The maximum Gasteiger partial charge on any atom is 0.307 e. The quantitative estimate of drug-likeness (QED) is 0.599. The first-order valence-electron chi connectivity index (χ1n) is 9.48. The minimum atomic E-state index is -0.548. The molecule has 0 spiro atoms. The van der Waals surface area contributed by atoms with Crippen molar-refractivity contribution >= 4 is 11.9 Å². The maximum atomic E-state index is 13.1. The van der Waals surface area contributed by atoms with Crippen LogP contribution in [0.3, 0.4) is 0 Å². The van der Waals surface area contributed by atoms with Gasteiger partial charge in [0, 0.05) is 17.5 Å². The van der Waals surface area contributed by atoms with Gasteiger partial charge in [-0.2, -0.15) is 0 Å². The molecule has 0 aliphatic heterocycles. The SMILES string of the molecule is COC(=O)CC(NC(=O)c1cc(C)n(-c2cc(C)on2)c1C)c1ccc(OC)cc1. The van der Waals surface area contributed by atoms with Crippen molar-refractivity contribution in [2.75, 3.05) is 14.2 Å². The Kier molecular flexibility index (Phi) is 6.25. The van der Waals surface area contributed by atoms with Gasteiger partial charge in [0.15, 0.2) is 5.82 Å². The first-order valence-corrected chi connectivity index (χ1v) is 9.48. The fraction of sp³-hybridized carbons (Fsp3) is 0.318. The molecule has 2 heterocycles. The summed E-state index contributed by atoms with van der Waals surface area (Å²) in [4.78, 5) is 25.0. The zero-order chi connectivity index (χ0) is 21.8. The number of carbonyl (C=O) groups is 2. The van der Waals surface area contributed by atoms with Crippen LogP contribution in [0.25, 0.3) is 5.82 Å². The fourth-order valence-corrected chi connectivity index (χ4v) is 3.38. The van der Waals surface area contributed by atoms with E-state index in [1.165, 1.54) is 7.11 Å². The monoisotopic (exact) mass is 411 g/mol. The topological polar surface area (TPSA) is 95.6 Å². The van der Waals surface area contributed by atoms with Gasteiger partial charge in [-0.1, -0.05) is 17.3 Å². The molecule has 1 amide bonds. The van der Waals surface area contributed by atoms with Crippen molar-refractivity contribution in [2.24, 2.45) is 0 Å². The molecular weight excluding hydrogens is 386 g/mol. The zero-order valence-corrected chi connectivity index (χ0v) is 17.7. The molecule has 0 aliphatic carbocycles. The molecule has 0 bridgehead atoms. The lowest BCUT2D eigenvalue weighted by atomic mass is 10.0. The number of aryl methyl sites for hydroxylation is 2. The van der Waals surface area contributed by atoms with Crippen LogP contribution in [0.15, 0.2) is 40.9 Å². The van der Waals surface area contributed by atoms with Gasteiger partial charge in [0.2, 0.25) is 0 Å². The Morgan fingerprint density at radius 2 is 1.83 bits per heavy atom. The molecule has 1 aromatic carbocycles. The highest BCUT2D eigenvalue weighted by atomic mass is 16.5. The second kappa shape index (κ2) is 8.86. The lowest BCUT2D eigenvalue weighted by molar-refractivity contribution is -0.141. The highest BCUT2D eigenvalue weighted by Gasteiger charge is 2.23. The number of benzene rings is 1. The van der Waals surface area contributed by atoms with E-state index in [1.807, 2.05) is 37.5 Å². The van der Waals surface area contributed by atoms with Gasteiger partial charge in [0.05, 0.1) is 32.2 Å². The van der Waals surface area contributed by atoms with E-state index in [2.05, 4.69) is 10.5 Å². The van der Waals surface area contributed by atoms with E-state index in [1.54, 1.807) is 31.4 Å². The molecule has 8 nitrogen and oxygen atoms in total. The molecule has 0 saturated carbocycles. The van der Waals surface area contributed by atoms with E-state index < -0.39 is 12.0 Å². The van der Waals surface area contributed by atoms with E-state index in [9.17, 15) is 9.59 Å². The fourth-order valence-electron chi connectivity index (χ4n) is 3.38. The van der Waals surface area contributed by atoms with Gasteiger partial charge < -0.3 is 19.3 Å². The summed E-state index contributed by atoms with van der Waals surface area (Å²) in [6.45, 7) is 5.54. The predicted octanol–water partition coefficient (Wildman–Crippen LogP) is 3.43. The van der Waals surface area contributed by atoms with Crippen molar-refractivity contribution < 1.29 is 23.6 Å². The average Bonchev–Trinajstić information content (AvgIpc) is 3.29. The number of rotatable bonds is 7. The number of esters is 1. The number of nitrogens with one attached hydrogen (secondary N) is 1. The van der Waals surface area contributed by atoms with E-state index in [4.69, 9.17) is 14.0 Å². The lowest BCUT2D eigenvalue weighted by Crippen LogP contribution is -2.30. The normalized spacial score (nSPS) is 11.8. The minimum Gasteiger partial charge on any atom is -0.497 e. The van der Waals surface area contributed by atoms with Crippen LogP contribution in [0.1, 0.15) is 45.5 Å². The van der Waals surface area contributed by atoms with Crippen LogP contribution in [0.4, 0.5) is 0 Å². The van der Waals surface area contributed by atoms with Crippen molar-refractivity contribution in [3.8, 4) is 11.6 Å². The van der Waals surface area contributed by atoms with E-state index >= 15 is 0 Å². The highest BCUT2D eigenvalue weighted by molar-refractivity contribution is 5.96. The van der Waals surface area contributed by atoms with Gasteiger partial charge in [-0.05, 0) is 44.5 Å². The average molecular weight is 411 g/mol. The number of hydrogen-bond donors (Lipinski definition) is 1. The smallest absolute Gasteiger partial charge is 0.307 e. The Labute approximate surface area is 174 Å². The number of amides is 1. The Morgan fingerprint density at radius 1 is 1.13 bits per heavy atom. The van der Waals surface area contributed by atoms with E-state index in [0.717, 1.165) is 17.0 Å². The second-order valence-electron chi connectivity index (χ2n) is 7.00. The van der Waals surface area contributed by atoms with Crippen LogP contribution in [0.2, 0.25) is 0 Å². The highest BCUT2D eigenvalue weighted by Crippen LogP contribution is 2.24. The Bertz CT molecular complexity index is 1050. The summed E-state index contributed by atoms with van der Waals surface area (Å²) in [5, 5.41) is 6.99. The summed E-state index contributed by atoms with van der Waals surface area (Å²) in [6, 6.07) is 10.2. The number of nitrogens with zero attached hydrogens (tertiary/aromatic N) is 2. The van der Waals surface area contributed by atoms with Crippen LogP contribution in [0, 0.1) is 20.8 Å². The molecule has 2 aromatic heterocycles. The van der Waals surface area contributed by atoms with Crippen molar-refractivity contribution in [3.63, 3.8) is 0 Å². The van der Waals surface area contributed by atoms with E-state index in [0.29, 0.717) is 22.9 Å². The molecule has 1 atom stereocenters. The van der Waals surface area contributed by atoms with Gasteiger partial charge in [-0.15, -0.1) is 0 Å². The van der Waals surface area contributed by atoms with Gasteiger partial charge in [-0.25, -0.2) is 0 Å². The Morgan fingerprint density at radius 3 is 2.40 bits per heavy atom. The molecule has 0 saturated heterocycles. The summed E-state index contributed by atoms with van der Waals surface area (Å²) in [5.74, 6) is 1.27. The second-order valence-corrected chi connectivity index (χ2v) is 7.00. The van der Waals surface area contributed by atoms with Crippen LogP contribution < -0.4 is 10.1 Å². The summed E-state index contributed by atoms with van der Waals surface area (Å²) in [6.07, 6.45) is 0.00971. The molecule has 0 fully saturated rings. The van der Waals surface area contributed by atoms with Crippen molar-refractivity contribution in [1.29, 1.82) is 0 Å². The third-order valence-electron chi connectivity index (χ3n) is 4.94. The van der Waals surface area contributed by atoms with Gasteiger partial charge >= 0.3 is 5.97 Å². The first-order chi connectivity index (χ1) is 14.3. The number of aromatic nitrogens is 2. The molecule has 158 valence electrons. The Hall–Kier alpha value is -3.55. The molecule has 0 aliphatic rings. The number of carbonyl (C=O) groups excluding carboxylic acids is 2. The molecule has 0 radical (unpaired) electrons. The number of methoxy groups -OCH3 is 2. The van der Waals surface area contributed by atoms with E-state index in [-0.39, 0.29) is 12.3 Å². The summed E-state index contributed by atoms with van der Waals surface area (Å²) in [7, 11) is 2.90. The van der Waals surface area contributed by atoms with Crippen molar-refractivity contribution in [3.05, 3.63) is 64.7 Å². The van der Waals surface area contributed by atoms with Crippen molar-refractivity contribution in [2.45, 2.75) is 33.2 Å². The molecule has 3 rings (SSSR count). The minimum absolute atomic E-state index is 0.00971. The third-order valence-corrected chi connectivity index (χ3v) is 4.94. The molecule has 1 unspecified atom stereocenters. The predicted molar refractivity (Wildman–Crippen MR) is 110 cm³/mol. The number of hydrogen-bond acceptors (Lipinski definition) is 6. The number of ether oxygens (including phenoxy) is 2. The third kappa shape index (κ3) is 4.37. The lowest BCUT2D eigenvalue weighted by Gasteiger charge is -2.18. The summed E-state index contributed by atoms with van der Waals surface area (Å²) >= 11 is 0. The molecule has 30 heavy (non-hydrogen) atoms. The Balaban J connectivity index is 1.89. The summed E-state index contributed by atoms with van der Waals surface area (Å²) in [5.41, 5.74) is 2.84. The van der Waals surface area contributed by atoms with Crippen LogP contribution >= 0.6 is 0 Å². The maximum absolute atomic E-state index is 13.1. The van der Waals surface area contributed by atoms with Gasteiger partial charge in [0.1, 0.15) is 11.5 Å². The van der Waals surface area contributed by atoms with Crippen LogP contribution in [-0.4, -0.2) is 35.8 Å². The van der Waals surface area contributed by atoms with Crippen LogP contribution in [-0.2, 0) is 9.53 Å². The zero-order valence-electron chi connectivity index (χ0n) is 17.7. The summed E-state index contributed by atoms with van der Waals surface area (Å²) < 4.78 is 17.0.